The number of carbonyl (C=O) groups excluding carboxylic acids is 1. The summed E-state index contributed by atoms with van der Waals surface area (Å²) in [6.45, 7) is 1.43. The molecule has 100 valence electrons. The Kier molecular flexibility index (Phi) is 5.91. The molecule has 1 atom stereocenters. The van der Waals surface area contributed by atoms with Crippen molar-refractivity contribution in [2.24, 2.45) is 0 Å². The summed E-state index contributed by atoms with van der Waals surface area (Å²) >= 11 is 13.0. The molecule has 0 unspecified atom stereocenters. The lowest BCUT2D eigenvalue weighted by atomic mass is 10.1. The van der Waals surface area contributed by atoms with E-state index in [4.69, 9.17) is 28.3 Å². The molecule has 0 fully saturated rings. The van der Waals surface area contributed by atoms with E-state index in [2.05, 4.69) is 5.32 Å². The van der Waals surface area contributed by atoms with Gasteiger partial charge in [0.1, 0.15) is 6.04 Å². The minimum absolute atomic E-state index is 0.265. The Balaban J connectivity index is 2.32. The molecule has 1 amide bonds. The van der Waals surface area contributed by atoms with E-state index >= 15 is 0 Å². The van der Waals surface area contributed by atoms with E-state index < -0.39 is 12.0 Å². The van der Waals surface area contributed by atoms with Gasteiger partial charge in [-0.15, -0.1) is 11.3 Å². The van der Waals surface area contributed by atoms with Gasteiger partial charge in [0.05, 0.1) is 8.67 Å². The van der Waals surface area contributed by atoms with Gasteiger partial charge in [0.2, 0.25) is 5.91 Å². The monoisotopic (exact) mass is 309 g/mol. The van der Waals surface area contributed by atoms with Gasteiger partial charge in [-0.3, -0.25) is 9.59 Å². The number of rotatable bonds is 6. The highest BCUT2D eigenvalue weighted by molar-refractivity contribution is 7.20. The van der Waals surface area contributed by atoms with Crippen molar-refractivity contribution in [3.8, 4) is 0 Å². The van der Waals surface area contributed by atoms with Crippen molar-refractivity contribution < 1.29 is 14.7 Å². The van der Waals surface area contributed by atoms with Crippen LogP contribution in [0.5, 0.6) is 0 Å². The molecule has 0 bridgehead atoms. The lowest BCUT2D eigenvalue weighted by molar-refractivity contribution is -0.141. The van der Waals surface area contributed by atoms with Gasteiger partial charge in [0.15, 0.2) is 0 Å². The average molecular weight is 310 g/mol. The molecule has 1 aromatic rings. The minimum Gasteiger partial charge on any atom is -0.480 e. The summed E-state index contributed by atoms with van der Waals surface area (Å²) < 4.78 is 1.26. The van der Waals surface area contributed by atoms with Crippen molar-refractivity contribution in [3.05, 3.63) is 20.3 Å². The van der Waals surface area contributed by atoms with Crippen LogP contribution in [0.3, 0.4) is 0 Å². The van der Waals surface area contributed by atoms with E-state index in [1.807, 2.05) is 0 Å². The highest BCUT2D eigenvalue weighted by atomic mass is 35.5. The van der Waals surface area contributed by atoms with Gasteiger partial charge in [-0.25, -0.2) is 0 Å². The van der Waals surface area contributed by atoms with Crippen LogP contribution in [0.2, 0.25) is 8.67 Å². The van der Waals surface area contributed by atoms with Crippen LogP contribution in [0.1, 0.15) is 25.3 Å². The first kappa shape index (κ1) is 15.3. The lowest BCUT2D eigenvalue weighted by Gasteiger charge is -2.08. The number of carboxylic acids is 1. The number of hydrogen-bond acceptors (Lipinski definition) is 3. The summed E-state index contributed by atoms with van der Waals surface area (Å²) in [6, 6.07) is 0.920. The fraction of sp³-hybridized carbons (Fsp3) is 0.455. The first-order valence-corrected chi connectivity index (χ1v) is 6.93. The number of nitrogens with one attached hydrogen (secondary N) is 1. The first-order chi connectivity index (χ1) is 8.40. The largest absolute Gasteiger partial charge is 0.480 e. The molecule has 0 aliphatic carbocycles. The van der Waals surface area contributed by atoms with Crippen molar-refractivity contribution in [2.75, 3.05) is 0 Å². The predicted octanol–water partition coefficient (Wildman–Crippen LogP) is 2.97. The number of halogens is 2. The number of thiophene rings is 1. The summed E-state index contributed by atoms with van der Waals surface area (Å²) in [5.74, 6) is -1.32. The number of aryl methyl sites for hydroxylation is 1. The average Bonchev–Trinajstić information content (AvgIpc) is 2.57. The standard InChI is InChI=1S/C11H13Cl2NO3S/c1-6(11(16)17)14-9(15)4-2-3-7-5-8(12)18-10(7)13/h5-6H,2-4H2,1H3,(H,14,15)(H,16,17)/t6-/m1/s1. The molecule has 18 heavy (non-hydrogen) atoms. The number of carbonyl (C=O) groups is 2. The Hall–Kier alpha value is -0.780. The summed E-state index contributed by atoms with van der Waals surface area (Å²) in [5.41, 5.74) is 0.922. The molecule has 4 nitrogen and oxygen atoms in total. The van der Waals surface area contributed by atoms with Crippen LogP contribution in [0.25, 0.3) is 0 Å². The third-order valence-corrected chi connectivity index (χ3v) is 3.89. The smallest absolute Gasteiger partial charge is 0.325 e. The van der Waals surface area contributed by atoms with Gasteiger partial charge in [-0.05, 0) is 31.4 Å². The van der Waals surface area contributed by atoms with Gasteiger partial charge in [0.25, 0.3) is 0 Å². The fourth-order valence-electron chi connectivity index (χ4n) is 1.36. The maximum atomic E-state index is 11.4. The number of aliphatic carboxylic acids is 1. The molecule has 0 aliphatic heterocycles. The highest BCUT2D eigenvalue weighted by Gasteiger charge is 2.13. The Morgan fingerprint density at radius 2 is 2.17 bits per heavy atom. The van der Waals surface area contributed by atoms with E-state index in [9.17, 15) is 9.59 Å². The SMILES string of the molecule is C[C@@H](NC(=O)CCCc1cc(Cl)sc1Cl)C(=O)O. The van der Waals surface area contributed by atoms with Crippen LogP contribution in [0, 0.1) is 0 Å². The third kappa shape index (κ3) is 4.84. The molecule has 0 radical (unpaired) electrons. The topological polar surface area (TPSA) is 66.4 Å². The summed E-state index contributed by atoms with van der Waals surface area (Å²) in [4.78, 5) is 21.9. The van der Waals surface area contributed by atoms with Crippen LogP contribution in [-0.2, 0) is 16.0 Å². The zero-order valence-electron chi connectivity index (χ0n) is 9.70. The van der Waals surface area contributed by atoms with Gasteiger partial charge >= 0.3 is 5.97 Å². The van der Waals surface area contributed by atoms with E-state index in [0.717, 1.165) is 5.56 Å². The van der Waals surface area contributed by atoms with Crippen LogP contribution < -0.4 is 5.32 Å². The number of hydrogen-bond donors (Lipinski definition) is 2. The zero-order valence-corrected chi connectivity index (χ0v) is 12.0. The maximum absolute atomic E-state index is 11.4. The molecule has 7 heteroatoms. The highest BCUT2D eigenvalue weighted by Crippen LogP contribution is 2.31. The molecule has 0 aromatic carbocycles. The normalized spacial score (nSPS) is 12.2. The summed E-state index contributed by atoms with van der Waals surface area (Å²) in [5, 5.41) is 11.0. The summed E-state index contributed by atoms with van der Waals surface area (Å²) in [6.07, 6.45) is 1.52. The van der Waals surface area contributed by atoms with Crippen molar-refractivity contribution in [2.45, 2.75) is 32.2 Å². The minimum atomic E-state index is -1.05. The molecule has 0 aliphatic rings. The van der Waals surface area contributed by atoms with Gasteiger partial charge in [-0.1, -0.05) is 23.2 Å². The Labute approximate surface area is 119 Å². The van der Waals surface area contributed by atoms with Crippen molar-refractivity contribution in [3.63, 3.8) is 0 Å². The lowest BCUT2D eigenvalue weighted by Crippen LogP contribution is -2.38. The Bertz CT molecular complexity index is 447. The van der Waals surface area contributed by atoms with E-state index in [-0.39, 0.29) is 12.3 Å². The van der Waals surface area contributed by atoms with Gasteiger partial charge in [-0.2, -0.15) is 0 Å². The van der Waals surface area contributed by atoms with Gasteiger partial charge < -0.3 is 10.4 Å². The van der Waals surface area contributed by atoms with Crippen LogP contribution in [0.4, 0.5) is 0 Å². The van der Waals surface area contributed by atoms with E-state index in [0.29, 0.717) is 21.5 Å². The molecule has 0 saturated heterocycles. The fourth-order valence-corrected chi connectivity index (χ4v) is 2.90. The molecule has 1 rings (SSSR count). The second kappa shape index (κ2) is 6.97. The van der Waals surface area contributed by atoms with Crippen LogP contribution in [0.15, 0.2) is 6.07 Å². The molecule has 1 heterocycles. The molecule has 0 saturated carbocycles. The van der Waals surface area contributed by atoms with Crippen LogP contribution in [-0.4, -0.2) is 23.0 Å². The molecular weight excluding hydrogens is 297 g/mol. The zero-order chi connectivity index (χ0) is 13.7. The molecule has 0 spiro atoms. The first-order valence-electron chi connectivity index (χ1n) is 5.36. The van der Waals surface area contributed by atoms with E-state index in [1.54, 1.807) is 6.07 Å². The van der Waals surface area contributed by atoms with Crippen LogP contribution >= 0.6 is 34.5 Å². The molecule has 1 aromatic heterocycles. The van der Waals surface area contributed by atoms with Crippen molar-refractivity contribution in [1.29, 1.82) is 0 Å². The Morgan fingerprint density at radius 3 is 2.67 bits per heavy atom. The van der Waals surface area contributed by atoms with Crippen molar-refractivity contribution >= 4 is 46.4 Å². The summed E-state index contributed by atoms with van der Waals surface area (Å²) in [7, 11) is 0. The quantitative estimate of drug-likeness (QED) is 0.849. The Morgan fingerprint density at radius 1 is 1.50 bits per heavy atom. The predicted molar refractivity (Wildman–Crippen MR) is 72.5 cm³/mol. The van der Waals surface area contributed by atoms with E-state index in [1.165, 1.54) is 18.3 Å². The van der Waals surface area contributed by atoms with Crippen molar-refractivity contribution in [1.82, 2.24) is 5.32 Å². The number of amides is 1. The molecule has 2 N–H and O–H groups in total. The molecular formula is C11H13Cl2NO3S. The maximum Gasteiger partial charge on any atom is 0.325 e. The number of carboxylic acid groups (broad SMARTS) is 1. The second-order valence-electron chi connectivity index (χ2n) is 3.83. The third-order valence-electron chi connectivity index (χ3n) is 2.33. The van der Waals surface area contributed by atoms with Gasteiger partial charge in [0, 0.05) is 6.42 Å². The second-order valence-corrected chi connectivity index (χ2v) is 6.12.